The van der Waals surface area contributed by atoms with Gasteiger partial charge in [-0.2, -0.15) is 4.31 Å². The van der Waals surface area contributed by atoms with Crippen LogP contribution in [0.5, 0.6) is 0 Å². The van der Waals surface area contributed by atoms with E-state index in [9.17, 15) is 13.2 Å². The molecule has 1 unspecified atom stereocenters. The maximum Gasteiger partial charge on any atom is 0.243 e. The van der Waals surface area contributed by atoms with E-state index in [-0.39, 0.29) is 17.3 Å². The number of aromatic nitrogens is 1. The number of thiazole rings is 1. The predicted molar refractivity (Wildman–Crippen MR) is 131 cm³/mol. The lowest BCUT2D eigenvalue weighted by Crippen LogP contribution is -2.43. The van der Waals surface area contributed by atoms with E-state index in [1.807, 2.05) is 0 Å². The molecule has 2 heterocycles. The summed E-state index contributed by atoms with van der Waals surface area (Å²) in [5, 5.41) is 6.00. The minimum atomic E-state index is -3.61. The predicted octanol–water partition coefficient (Wildman–Crippen LogP) is 4.59. The molecule has 1 saturated heterocycles. The summed E-state index contributed by atoms with van der Waals surface area (Å²) in [5.41, 5.74) is 3.64. The van der Waals surface area contributed by atoms with Crippen LogP contribution in [0, 0.1) is 5.92 Å². The normalized spacial score (nSPS) is 18.7. The molecular formula is C25H23N3O3S2. The van der Waals surface area contributed by atoms with Gasteiger partial charge in [-0.25, -0.2) is 13.4 Å². The van der Waals surface area contributed by atoms with Gasteiger partial charge in [0.25, 0.3) is 0 Å². The maximum atomic E-state index is 13.1. The van der Waals surface area contributed by atoms with Crippen molar-refractivity contribution in [1.29, 1.82) is 0 Å². The molecule has 1 atom stereocenters. The second-order valence-electron chi connectivity index (χ2n) is 8.75. The molecule has 6 nitrogen and oxygen atoms in total. The van der Waals surface area contributed by atoms with Gasteiger partial charge in [0.2, 0.25) is 15.9 Å². The molecule has 3 aromatic carbocycles. The number of anilines is 1. The highest BCUT2D eigenvalue weighted by Gasteiger charge is 2.33. The molecule has 1 aromatic heterocycles. The highest BCUT2D eigenvalue weighted by atomic mass is 32.2. The molecule has 2 aliphatic rings. The number of sulfonamides is 1. The molecule has 0 radical (unpaired) electrons. The third-order valence-electron chi connectivity index (χ3n) is 6.72. The topological polar surface area (TPSA) is 79.4 Å². The molecule has 33 heavy (non-hydrogen) atoms. The number of carbonyl (C=O) groups is 1. The Morgan fingerprint density at radius 1 is 1.06 bits per heavy atom. The van der Waals surface area contributed by atoms with Gasteiger partial charge in [-0.15, -0.1) is 0 Å². The van der Waals surface area contributed by atoms with E-state index in [1.54, 1.807) is 30.3 Å². The Kier molecular flexibility index (Phi) is 4.97. The van der Waals surface area contributed by atoms with Crippen LogP contribution in [-0.2, 0) is 27.7 Å². The van der Waals surface area contributed by atoms with Gasteiger partial charge < -0.3 is 5.32 Å². The highest BCUT2D eigenvalue weighted by Crippen LogP contribution is 2.39. The number of aryl methyl sites for hydroxylation is 2. The highest BCUT2D eigenvalue weighted by molar-refractivity contribution is 7.89. The van der Waals surface area contributed by atoms with Gasteiger partial charge >= 0.3 is 0 Å². The number of rotatable bonds is 4. The number of benzene rings is 3. The lowest BCUT2D eigenvalue weighted by atomic mass is 9.99. The van der Waals surface area contributed by atoms with Crippen molar-refractivity contribution >= 4 is 53.4 Å². The quantitative estimate of drug-likeness (QED) is 0.466. The summed E-state index contributed by atoms with van der Waals surface area (Å²) in [6.45, 7) is 0.615. The van der Waals surface area contributed by atoms with E-state index in [2.05, 4.69) is 29.6 Å². The van der Waals surface area contributed by atoms with Crippen LogP contribution in [0.15, 0.2) is 59.5 Å². The first-order chi connectivity index (χ1) is 16.0. The van der Waals surface area contributed by atoms with Crippen LogP contribution in [0.2, 0.25) is 0 Å². The van der Waals surface area contributed by atoms with Crippen LogP contribution < -0.4 is 5.32 Å². The van der Waals surface area contributed by atoms with E-state index in [4.69, 9.17) is 4.98 Å². The summed E-state index contributed by atoms with van der Waals surface area (Å²) in [5.74, 6) is -0.568. The first-order valence-electron chi connectivity index (χ1n) is 11.2. The van der Waals surface area contributed by atoms with Crippen molar-refractivity contribution < 1.29 is 13.2 Å². The molecule has 8 heteroatoms. The number of nitrogens with one attached hydrogen (secondary N) is 1. The number of hydrogen-bond donors (Lipinski definition) is 1. The number of fused-ring (bicyclic) bond motifs is 2. The summed E-state index contributed by atoms with van der Waals surface area (Å²) >= 11 is 1.49. The van der Waals surface area contributed by atoms with Crippen LogP contribution >= 0.6 is 11.3 Å². The monoisotopic (exact) mass is 477 g/mol. The summed E-state index contributed by atoms with van der Waals surface area (Å²) in [7, 11) is -3.61. The van der Waals surface area contributed by atoms with Gasteiger partial charge in [0, 0.05) is 18.5 Å². The molecular weight excluding hydrogens is 454 g/mol. The van der Waals surface area contributed by atoms with Crippen LogP contribution in [0.3, 0.4) is 0 Å². The SMILES string of the molecule is O=C(Nc1nc2c(cc3c4c(cccc42)CC3)s1)C1CCCN(S(=O)(=O)c2ccccc2)C1. The number of piperidine rings is 1. The fraction of sp³-hybridized carbons (Fsp3) is 0.280. The van der Waals surface area contributed by atoms with Gasteiger partial charge in [0.1, 0.15) is 0 Å². The molecule has 0 spiro atoms. The average Bonchev–Trinajstić information content (AvgIpc) is 3.45. The van der Waals surface area contributed by atoms with E-state index < -0.39 is 15.9 Å². The van der Waals surface area contributed by atoms with Crippen molar-refractivity contribution in [3.63, 3.8) is 0 Å². The Hall–Kier alpha value is -2.81. The maximum absolute atomic E-state index is 13.1. The molecule has 4 aromatic rings. The minimum absolute atomic E-state index is 0.167. The van der Waals surface area contributed by atoms with E-state index >= 15 is 0 Å². The van der Waals surface area contributed by atoms with Crippen molar-refractivity contribution in [2.24, 2.45) is 5.92 Å². The lowest BCUT2D eigenvalue weighted by Gasteiger charge is -2.31. The zero-order valence-corrected chi connectivity index (χ0v) is 19.6. The molecule has 6 rings (SSSR count). The van der Waals surface area contributed by atoms with E-state index in [0.29, 0.717) is 24.5 Å². The number of hydrogen-bond acceptors (Lipinski definition) is 5. The van der Waals surface area contributed by atoms with Crippen LogP contribution in [-0.4, -0.2) is 36.7 Å². The average molecular weight is 478 g/mol. The fourth-order valence-electron chi connectivity index (χ4n) is 5.08. The van der Waals surface area contributed by atoms with Crippen molar-refractivity contribution in [2.45, 2.75) is 30.6 Å². The van der Waals surface area contributed by atoms with Crippen LogP contribution in [0.25, 0.3) is 21.0 Å². The van der Waals surface area contributed by atoms with Crippen molar-refractivity contribution in [1.82, 2.24) is 9.29 Å². The van der Waals surface area contributed by atoms with Crippen molar-refractivity contribution in [3.8, 4) is 0 Å². The van der Waals surface area contributed by atoms with Gasteiger partial charge in [-0.3, -0.25) is 4.79 Å². The van der Waals surface area contributed by atoms with Crippen molar-refractivity contribution in [3.05, 3.63) is 65.7 Å². The Labute approximate surface area is 196 Å². The van der Waals surface area contributed by atoms with Gasteiger partial charge in [-0.1, -0.05) is 47.7 Å². The largest absolute Gasteiger partial charge is 0.302 e. The molecule has 168 valence electrons. The molecule has 1 aliphatic carbocycles. The molecule has 1 aliphatic heterocycles. The van der Waals surface area contributed by atoms with Crippen molar-refractivity contribution in [2.75, 3.05) is 18.4 Å². The number of amides is 1. The first kappa shape index (κ1) is 20.8. The Morgan fingerprint density at radius 2 is 1.88 bits per heavy atom. The fourth-order valence-corrected chi connectivity index (χ4v) is 7.58. The third-order valence-corrected chi connectivity index (χ3v) is 9.51. The molecule has 1 fully saturated rings. The lowest BCUT2D eigenvalue weighted by molar-refractivity contribution is -0.120. The first-order valence-corrected chi connectivity index (χ1v) is 13.5. The molecule has 0 bridgehead atoms. The summed E-state index contributed by atoms with van der Waals surface area (Å²) in [6, 6.07) is 17.0. The van der Waals surface area contributed by atoms with Gasteiger partial charge in [0.05, 0.1) is 21.0 Å². The van der Waals surface area contributed by atoms with Gasteiger partial charge in [0.15, 0.2) is 5.13 Å². The molecule has 1 amide bonds. The summed E-state index contributed by atoms with van der Waals surface area (Å²) < 4.78 is 28.5. The zero-order chi connectivity index (χ0) is 22.6. The van der Waals surface area contributed by atoms with Crippen LogP contribution in [0.1, 0.15) is 24.0 Å². The molecule has 0 saturated carbocycles. The second-order valence-corrected chi connectivity index (χ2v) is 11.7. The third kappa shape index (κ3) is 3.53. The second kappa shape index (κ2) is 7.90. The van der Waals surface area contributed by atoms with E-state index in [1.165, 1.54) is 32.2 Å². The Bertz CT molecular complexity index is 1500. The van der Waals surface area contributed by atoms with E-state index in [0.717, 1.165) is 28.4 Å². The van der Waals surface area contributed by atoms with Gasteiger partial charge in [-0.05, 0) is 60.4 Å². The zero-order valence-electron chi connectivity index (χ0n) is 18.0. The standard InChI is InChI=1S/C25H23N3O3S2/c29-24(18-7-5-13-28(15-18)33(30,31)19-8-2-1-3-9-19)27-25-26-23-20-10-4-6-16-11-12-17(22(16)20)14-21(23)32-25/h1-4,6,8-10,14,18H,5,7,11-13,15H2,(H,26,27,29). The Balaban J connectivity index is 1.24. The number of carbonyl (C=O) groups excluding carboxylic acids is 1. The minimum Gasteiger partial charge on any atom is -0.302 e. The Morgan fingerprint density at radius 3 is 2.73 bits per heavy atom. The molecule has 1 N–H and O–H groups in total. The van der Waals surface area contributed by atoms with Crippen LogP contribution in [0.4, 0.5) is 5.13 Å². The smallest absolute Gasteiger partial charge is 0.243 e. The summed E-state index contributed by atoms with van der Waals surface area (Å²) in [6.07, 6.45) is 3.42. The summed E-state index contributed by atoms with van der Waals surface area (Å²) in [4.78, 5) is 18.1. The number of nitrogens with zero attached hydrogens (tertiary/aromatic N) is 2.